The van der Waals surface area contributed by atoms with Crippen LogP contribution in [0, 0.1) is 0 Å². The summed E-state index contributed by atoms with van der Waals surface area (Å²) in [6.07, 6.45) is 6.96. The predicted molar refractivity (Wildman–Crippen MR) is 109 cm³/mol. The average Bonchev–Trinajstić information content (AvgIpc) is 3.08. The van der Waals surface area contributed by atoms with Crippen LogP contribution in [0.15, 0.2) is 36.3 Å². The Labute approximate surface area is 172 Å². The molecule has 29 heavy (non-hydrogen) atoms. The molecular weight excluding hydrogens is 378 g/mol. The van der Waals surface area contributed by atoms with Crippen molar-refractivity contribution in [1.29, 1.82) is 0 Å². The number of allylic oxidation sites excluding steroid dienone is 5. The Bertz CT molecular complexity index is 704. The van der Waals surface area contributed by atoms with E-state index in [1.807, 2.05) is 27.7 Å². The van der Waals surface area contributed by atoms with Gasteiger partial charge in [0.05, 0.1) is 30.1 Å². The largest absolute Gasteiger partial charge is 0.472 e. The standard InChI is InChI=1S/C20H30BFN2O5/c1-7-17(22)16(21-28-19(3,4)20(5,6)29-21)10-8-9-11-24-13-15(27-18(24)26)12-23-14(2)25/h7-11,15-16H,12-13H2,1-6H3,(H,23,25)/b10-8?,11-9+,17-7+. The van der Waals surface area contributed by atoms with Crippen LogP contribution >= 0.6 is 0 Å². The zero-order valence-electron chi connectivity index (χ0n) is 17.9. The Hall–Kier alpha value is -2.13. The zero-order chi connectivity index (χ0) is 21.8. The van der Waals surface area contributed by atoms with Crippen LogP contribution in [0.5, 0.6) is 0 Å². The van der Waals surface area contributed by atoms with Crippen molar-refractivity contribution in [3.8, 4) is 0 Å². The molecule has 160 valence electrons. The molecule has 2 rings (SSSR count). The first-order valence-corrected chi connectivity index (χ1v) is 9.71. The van der Waals surface area contributed by atoms with Crippen molar-refractivity contribution < 1.29 is 28.0 Å². The Morgan fingerprint density at radius 3 is 2.48 bits per heavy atom. The van der Waals surface area contributed by atoms with Gasteiger partial charge in [0.1, 0.15) is 11.9 Å². The second-order valence-corrected chi connectivity index (χ2v) is 8.15. The molecule has 2 aliphatic rings. The molecule has 2 unspecified atom stereocenters. The van der Waals surface area contributed by atoms with E-state index in [0.29, 0.717) is 6.54 Å². The van der Waals surface area contributed by atoms with Crippen LogP contribution in [0.2, 0.25) is 5.82 Å². The van der Waals surface area contributed by atoms with E-state index < -0.39 is 36.3 Å². The van der Waals surface area contributed by atoms with E-state index in [0.717, 1.165) is 0 Å². The maximum atomic E-state index is 14.5. The van der Waals surface area contributed by atoms with E-state index in [4.69, 9.17) is 14.0 Å². The van der Waals surface area contributed by atoms with Gasteiger partial charge in [0.25, 0.3) is 0 Å². The number of rotatable bonds is 7. The summed E-state index contributed by atoms with van der Waals surface area (Å²) in [5.41, 5.74) is -1.12. The number of carbonyl (C=O) groups is 2. The molecule has 2 aliphatic heterocycles. The van der Waals surface area contributed by atoms with E-state index in [1.165, 1.54) is 17.9 Å². The SMILES string of the molecule is C/C=C(/F)C(C=C/C=C/N1CC(CNC(C)=O)OC1=O)B1OC(C)(C)C(C)(C)O1. The molecule has 2 amide bonds. The maximum Gasteiger partial charge on any atom is 0.472 e. The van der Waals surface area contributed by atoms with Gasteiger partial charge in [0.15, 0.2) is 0 Å². The molecule has 0 bridgehead atoms. The molecule has 9 heteroatoms. The van der Waals surface area contributed by atoms with Gasteiger partial charge in [0, 0.05) is 13.1 Å². The minimum Gasteiger partial charge on any atom is -0.442 e. The summed E-state index contributed by atoms with van der Waals surface area (Å²) in [6.45, 7) is 11.3. The van der Waals surface area contributed by atoms with Gasteiger partial charge in [-0.25, -0.2) is 9.18 Å². The lowest BCUT2D eigenvalue weighted by Gasteiger charge is -2.32. The highest BCUT2D eigenvalue weighted by Gasteiger charge is 2.54. The fourth-order valence-electron chi connectivity index (χ4n) is 2.90. The molecule has 2 saturated heterocycles. The minimum atomic E-state index is -0.750. The van der Waals surface area contributed by atoms with Crippen LogP contribution in [0.25, 0.3) is 0 Å². The summed E-state index contributed by atoms with van der Waals surface area (Å²) < 4.78 is 31.5. The van der Waals surface area contributed by atoms with Gasteiger partial charge in [-0.1, -0.05) is 18.2 Å². The van der Waals surface area contributed by atoms with Crippen LogP contribution < -0.4 is 5.32 Å². The molecule has 0 aromatic rings. The monoisotopic (exact) mass is 408 g/mol. The smallest absolute Gasteiger partial charge is 0.442 e. The summed E-state index contributed by atoms with van der Waals surface area (Å²) in [5, 5.41) is 2.62. The highest BCUT2D eigenvalue weighted by Crippen LogP contribution is 2.42. The van der Waals surface area contributed by atoms with Crippen molar-refractivity contribution in [2.45, 2.75) is 64.7 Å². The summed E-state index contributed by atoms with van der Waals surface area (Å²) in [4.78, 5) is 24.2. The van der Waals surface area contributed by atoms with Crippen molar-refractivity contribution in [3.63, 3.8) is 0 Å². The minimum absolute atomic E-state index is 0.183. The van der Waals surface area contributed by atoms with Gasteiger partial charge in [0.2, 0.25) is 5.91 Å². The van der Waals surface area contributed by atoms with Crippen LogP contribution in [0.3, 0.4) is 0 Å². The summed E-state index contributed by atoms with van der Waals surface area (Å²) in [5.74, 6) is -1.24. The van der Waals surface area contributed by atoms with Crippen LogP contribution in [0.4, 0.5) is 9.18 Å². The quantitative estimate of drug-likeness (QED) is 0.517. The third-order valence-corrected chi connectivity index (χ3v) is 5.34. The number of amides is 2. The Kier molecular flexibility index (Phi) is 7.29. The predicted octanol–water partition coefficient (Wildman–Crippen LogP) is 3.35. The van der Waals surface area contributed by atoms with Gasteiger partial charge in [-0.2, -0.15) is 0 Å². The lowest BCUT2D eigenvalue weighted by atomic mass is 9.70. The molecule has 0 aromatic carbocycles. The van der Waals surface area contributed by atoms with Crippen molar-refractivity contribution in [2.75, 3.05) is 13.1 Å². The van der Waals surface area contributed by atoms with Crippen molar-refractivity contribution in [2.24, 2.45) is 0 Å². The third kappa shape index (κ3) is 5.70. The molecule has 2 atom stereocenters. The number of hydrogen-bond donors (Lipinski definition) is 1. The molecule has 0 aromatic heterocycles. The molecule has 7 nitrogen and oxygen atoms in total. The van der Waals surface area contributed by atoms with Crippen molar-refractivity contribution >= 4 is 19.1 Å². The first kappa shape index (κ1) is 23.2. The number of nitrogens with one attached hydrogen (secondary N) is 1. The molecule has 2 fully saturated rings. The lowest BCUT2D eigenvalue weighted by Crippen LogP contribution is -2.41. The number of nitrogens with zero attached hydrogens (tertiary/aromatic N) is 1. The van der Waals surface area contributed by atoms with E-state index in [9.17, 15) is 14.0 Å². The van der Waals surface area contributed by atoms with E-state index >= 15 is 0 Å². The normalized spacial score (nSPS) is 25.1. The highest BCUT2D eigenvalue weighted by molar-refractivity contribution is 6.49. The molecule has 0 radical (unpaired) electrons. The second-order valence-electron chi connectivity index (χ2n) is 8.15. The maximum absolute atomic E-state index is 14.5. The van der Waals surface area contributed by atoms with Gasteiger partial charge in [-0.05, 0) is 40.7 Å². The van der Waals surface area contributed by atoms with Crippen LogP contribution in [-0.2, 0) is 18.8 Å². The number of cyclic esters (lactones) is 1. The average molecular weight is 408 g/mol. The Morgan fingerprint density at radius 2 is 1.93 bits per heavy atom. The first-order valence-electron chi connectivity index (χ1n) is 9.71. The van der Waals surface area contributed by atoms with E-state index in [-0.39, 0.29) is 18.3 Å². The molecule has 1 N–H and O–H groups in total. The number of carbonyl (C=O) groups excluding carboxylic acids is 2. The highest BCUT2D eigenvalue weighted by atomic mass is 19.1. The van der Waals surface area contributed by atoms with E-state index in [2.05, 4.69) is 5.32 Å². The first-order chi connectivity index (χ1) is 13.5. The Balaban J connectivity index is 2.00. The number of halogens is 1. The van der Waals surface area contributed by atoms with Gasteiger partial charge in [-0.15, -0.1) is 0 Å². The molecule has 0 spiro atoms. The molecule has 0 saturated carbocycles. The van der Waals surface area contributed by atoms with Crippen molar-refractivity contribution in [1.82, 2.24) is 10.2 Å². The lowest BCUT2D eigenvalue weighted by molar-refractivity contribution is -0.119. The summed E-state index contributed by atoms with van der Waals surface area (Å²) in [6, 6.07) is 0. The molecule has 2 heterocycles. The van der Waals surface area contributed by atoms with Crippen LogP contribution in [0.1, 0.15) is 41.5 Å². The van der Waals surface area contributed by atoms with Gasteiger partial charge in [-0.3, -0.25) is 9.69 Å². The summed E-state index contributed by atoms with van der Waals surface area (Å²) >= 11 is 0. The van der Waals surface area contributed by atoms with Crippen LogP contribution in [-0.4, -0.2) is 54.4 Å². The Morgan fingerprint density at radius 1 is 1.31 bits per heavy atom. The molecule has 0 aliphatic carbocycles. The number of hydrogen-bond acceptors (Lipinski definition) is 5. The van der Waals surface area contributed by atoms with Gasteiger partial charge < -0.3 is 19.4 Å². The molecular formula is C20H30BFN2O5. The van der Waals surface area contributed by atoms with Gasteiger partial charge >= 0.3 is 13.2 Å². The topological polar surface area (TPSA) is 77.1 Å². The van der Waals surface area contributed by atoms with Crippen molar-refractivity contribution in [3.05, 3.63) is 36.3 Å². The second kappa shape index (κ2) is 9.13. The van der Waals surface area contributed by atoms with E-state index in [1.54, 1.807) is 31.4 Å². The zero-order valence-corrected chi connectivity index (χ0v) is 17.9. The fraction of sp³-hybridized carbons (Fsp3) is 0.600. The number of ether oxygens (including phenoxy) is 1. The fourth-order valence-corrected chi connectivity index (χ4v) is 2.90. The summed E-state index contributed by atoms with van der Waals surface area (Å²) in [7, 11) is -0.750. The third-order valence-electron chi connectivity index (χ3n) is 5.34.